The van der Waals surface area contributed by atoms with Crippen molar-refractivity contribution in [2.75, 3.05) is 40.9 Å². The number of amides is 4. The largest absolute Gasteiger partial charge is 0.453 e. The van der Waals surface area contributed by atoms with Gasteiger partial charge in [-0.2, -0.15) is 0 Å². The van der Waals surface area contributed by atoms with E-state index in [9.17, 15) is 19.2 Å². The second-order valence-corrected chi connectivity index (χ2v) is 18.1. The molecule has 8 rings (SSSR count). The summed E-state index contributed by atoms with van der Waals surface area (Å²) >= 11 is 0. The van der Waals surface area contributed by atoms with Gasteiger partial charge in [-0.15, -0.1) is 0 Å². The number of rotatable bonds is 11. The van der Waals surface area contributed by atoms with Crippen molar-refractivity contribution in [3.8, 4) is 33.6 Å². The highest BCUT2D eigenvalue weighted by Gasteiger charge is 2.47. The number of H-pyrrole nitrogens is 2. The molecule has 4 aliphatic rings. The molecule has 1 spiro atoms. The Morgan fingerprint density at radius 1 is 0.694 bits per heavy atom. The number of carbonyl (C=O) groups excluding carboxylic acids is 4. The van der Waals surface area contributed by atoms with Crippen LogP contribution in [0.25, 0.3) is 33.6 Å². The van der Waals surface area contributed by atoms with Crippen LogP contribution < -0.4 is 10.6 Å². The molecule has 3 fully saturated rings. The monoisotopic (exact) mass is 847 g/mol. The molecular formula is C47H61N9O6. The number of hydrogen-bond acceptors (Lipinski definition) is 9. The second kappa shape index (κ2) is 17.6. The lowest BCUT2D eigenvalue weighted by Crippen LogP contribution is -2.51. The number of hydrogen-bond donors (Lipinski definition) is 4. The maximum atomic E-state index is 13.8. The third kappa shape index (κ3) is 7.84. The standard InChI is InChI=1S/C47H61N9O6/c1-27(2)39(52-45(59)61-6)43(57)55-23-8-11-36(55)41-48-25-34(50-41)30-15-13-29(14-16-30)31-17-18-32(33-19-21-47(38(31)33)20-10-22-54(47)5)35-26-49-42(51-35)37-12-9-24-56(37)44(58)40(28(3)4)53-46(60)62-7/h13-18,25-28,36-37,39-40H,8-12,19-24H2,1-7H3,(H,48,50)(H,49,51)(H,52,59)(H,53,60)/t36-,37-,39+,40+,47?/m1/s1. The highest BCUT2D eigenvalue weighted by atomic mass is 16.5. The molecule has 62 heavy (non-hydrogen) atoms. The lowest BCUT2D eigenvalue weighted by Gasteiger charge is -2.35. The molecule has 4 aromatic rings. The van der Waals surface area contributed by atoms with Crippen molar-refractivity contribution >= 4 is 24.0 Å². The van der Waals surface area contributed by atoms with Crippen LogP contribution in [0.5, 0.6) is 0 Å². The molecule has 15 heteroatoms. The van der Waals surface area contributed by atoms with E-state index in [0.29, 0.717) is 13.1 Å². The average molecular weight is 848 g/mol. The van der Waals surface area contributed by atoms with Gasteiger partial charge in [-0.25, -0.2) is 19.6 Å². The Bertz CT molecular complexity index is 2300. The number of nitrogens with one attached hydrogen (secondary N) is 4. The maximum Gasteiger partial charge on any atom is 0.407 e. The van der Waals surface area contributed by atoms with E-state index >= 15 is 0 Å². The van der Waals surface area contributed by atoms with Crippen LogP contribution in [0.1, 0.15) is 108 Å². The molecule has 1 aliphatic carbocycles. The summed E-state index contributed by atoms with van der Waals surface area (Å²) in [6.07, 6.45) is 10.0. The van der Waals surface area contributed by atoms with Crippen molar-refractivity contribution in [2.45, 2.75) is 109 Å². The molecule has 15 nitrogen and oxygen atoms in total. The van der Waals surface area contributed by atoms with Gasteiger partial charge in [0.1, 0.15) is 23.7 Å². The number of aromatic amines is 2. The van der Waals surface area contributed by atoms with E-state index in [1.165, 1.54) is 30.9 Å². The first-order valence-corrected chi connectivity index (χ1v) is 22.2. The van der Waals surface area contributed by atoms with E-state index in [4.69, 9.17) is 19.4 Å². The summed E-state index contributed by atoms with van der Waals surface area (Å²) in [6, 6.07) is 11.3. The topological polar surface area (TPSA) is 178 Å². The molecule has 5 atom stereocenters. The van der Waals surface area contributed by atoms with Crippen molar-refractivity contribution in [1.82, 2.24) is 45.3 Å². The summed E-state index contributed by atoms with van der Waals surface area (Å²) in [6.45, 7) is 9.92. The first-order chi connectivity index (χ1) is 29.8. The number of nitrogens with zero attached hydrogens (tertiary/aromatic N) is 5. The van der Waals surface area contributed by atoms with Crippen LogP contribution in [0.3, 0.4) is 0 Å². The van der Waals surface area contributed by atoms with Gasteiger partial charge in [-0.05, 0) is 105 Å². The summed E-state index contributed by atoms with van der Waals surface area (Å²) in [5, 5.41) is 5.47. The van der Waals surface area contributed by atoms with Crippen LogP contribution >= 0.6 is 0 Å². The van der Waals surface area contributed by atoms with Crippen molar-refractivity contribution < 1.29 is 28.7 Å². The molecule has 4 N–H and O–H groups in total. The molecular weight excluding hydrogens is 787 g/mol. The second-order valence-electron chi connectivity index (χ2n) is 18.1. The Labute approximate surface area is 363 Å². The molecule has 2 aromatic heterocycles. The van der Waals surface area contributed by atoms with Crippen LogP contribution in [-0.2, 0) is 31.0 Å². The van der Waals surface area contributed by atoms with Crippen LogP contribution in [0.4, 0.5) is 9.59 Å². The minimum atomic E-state index is -0.694. The number of methoxy groups -OCH3 is 2. The summed E-state index contributed by atoms with van der Waals surface area (Å²) in [5.41, 5.74) is 9.02. The van der Waals surface area contributed by atoms with Gasteiger partial charge in [0.15, 0.2) is 0 Å². The molecule has 2 aromatic carbocycles. The fourth-order valence-corrected chi connectivity index (χ4v) is 10.5. The number of alkyl carbamates (subject to hydrolysis) is 2. The third-order valence-electron chi connectivity index (χ3n) is 13.9. The van der Waals surface area contributed by atoms with Crippen LogP contribution in [-0.4, -0.2) is 112 Å². The molecule has 1 unspecified atom stereocenters. The average Bonchev–Trinajstić information content (AvgIpc) is 4.13. The Kier molecular flexibility index (Phi) is 12.2. The molecule has 4 amide bonds. The van der Waals surface area contributed by atoms with E-state index in [2.05, 4.69) is 68.9 Å². The van der Waals surface area contributed by atoms with E-state index < -0.39 is 24.3 Å². The molecule has 0 saturated carbocycles. The van der Waals surface area contributed by atoms with Crippen LogP contribution in [0.2, 0.25) is 0 Å². The molecule has 5 heterocycles. The number of fused-ring (bicyclic) bond motifs is 2. The lowest BCUT2D eigenvalue weighted by molar-refractivity contribution is -0.136. The first-order valence-electron chi connectivity index (χ1n) is 22.2. The predicted molar refractivity (Wildman–Crippen MR) is 235 cm³/mol. The van der Waals surface area contributed by atoms with Gasteiger partial charge in [0, 0.05) is 24.2 Å². The Morgan fingerprint density at radius 2 is 1.21 bits per heavy atom. The normalized spacial score (nSPS) is 22.1. The van der Waals surface area contributed by atoms with Gasteiger partial charge < -0.3 is 39.9 Å². The number of imidazole rings is 2. The number of ether oxygens (including phenoxy) is 2. The van der Waals surface area contributed by atoms with Crippen LogP contribution in [0, 0.1) is 11.8 Å². The fraction of sp³-hybridized carbons (Fsp3) is 0.532. The summed E-state index contributed by atoms with van der Waals surface area (Å²) < 4.78 is 9.62. The van der Waals surface area contributed by atoms with Gasteiger partial charge in [-0.3, -0.25) is 14.5 Å². The van der Waals surface area contributed by atoms with Crippen molar-refractivity contribution in [3.05, 3.63) is 71.6 Å². The van der Waals surface area contributed by atoms with Gasteiger partial charge >= 0.3 is 12.2 Å². The van der Waals surface area contributed by atoms with Gasteiger partial charge in [-0.1, -0.05) is 64.1 Å². The summed E-state index contributed by atoms with van der Waals surface area (Å²) in [4.78, 5) is 74.8. The maximum absolute atomic E-state index is 13.8. The van der Waals surface area contributed by atoms with Gasteiger partial charge in [0.05, 0.1) is 50.1 Å². The minimum absolute atomic E-state index is 0.0564. The lowest BCUT2D eigenvalue weighted by atomic mass is 9.82. The van der Waals surface area contributed by atoms with Crippen molar-refractivity contribution in [1.29, 1.82) is 0 Å². The third-order valence-corrected chi connectivity index (χ3v) is 13.9. The van der Waals surface area contributed by atoms with E-state index in [1.54, 1.807) is 0 Å². The SMILES string of the molecule is COC(=O)N[C@H](C(=O)N1CCC[C@@H]1c1ncc(-c2ccc(-c3ccc(-c4cnc([C@H]5CCCN5C(=O)[C@@H](NC(=O)OC)C(C)C)[nH]4)c4c3C3(CCCN3C)CC4)cc2)[nH]1)C(C)C. The smallest absolute Gasteiger partial charge is 0.407 e. The first kappa shape index (κ1) is 43.0. The van der Waals surface area contributed by atoms with Crippen molar-refractivity contribution in [2.24, 2.45) is 11.8 Å². The van der Waals surface area contributed by atoms with E-state index in [1.807, 2.05) is 49.9 Å². The van der Waals surface area contributed by atoms with E-state index in [-0.39, 0.29) is 41.3 Å². The van der Waals surface area contributed by atoms with E-state index in [0.717, 1.165) is 97.6 Å². The predicted octanol–water partition coefficient (Wildman–Crippen LogP) is 7.09. The minimum Gasteiger partial charge on any atom is -0.453 e. The molecule has 0 radical (unpaired) electrons. The Balaban J connectivity index is 1.05. The zero-order chi connectivity index (χ0) is 43.9. The molecule has 3 aliphatic heterocycles. The Morgan fingerprint density at radius 3 is 1.73 bits per heavy atom. The number of carbonyl (C=O) groups is 4. The zero-order valence-electron chi connectivity index (χ0n) is 37.0. The summed E-state index contributed by atoms with van der Waals surface area (Å²) in [7, 11) is 4.86. The van der Waals surface area contributed by atoms with Gasteiger partial charge in [0.25, 0.3) is 0 Å². The van der Waals surface area contributed by atoms with Crippen molar-refractivity contribution in [3.63, 3.8) is 0 Å². The number of likely N-dealkylation sites (tertiary alicyclic amines) is 3. The molecule has 3 saturated heterocycles. The highest BCUT2D eigenvalue weighted by Crippen LogP contribution is 2.53. The number of aromatic nitrogens is 4. The highest BCUT2D eigenvalue weighted by molar-refractivity contribution is 5.87. The molecule has 330 valence electrons. The van der Waals surface area contributed by atoms with Crippen LogP contribution in [0.15, 0.2) is 48.8 Å². The zero-order valence-corrected chi connectivity index (χ0v) is 37.0. The molecule has 0 bridgehead atoms. The Hall–Kier alpha value is -5.70. The quantitative estimate of drug-likeness (QED) is 0.123. The fourth-order valence-electron chi connectivity index (χ4n) is 10.5. The number of benzene rings is 2. The van der Waals surface area contributed by atoms with Gasteiger partial charge in [0.2, 0.25) is 11.8 Å². The summed E-state index contributed by atoms with van der Waals surface area (Å²) in [5.74, 6) is 1.02.